The molecule has 2 aliphatic rings. The van der Waals surface area contributed by atoms with Gasteiger partial charge < -0.3 is 30.1 Å². The average molecular weight is 644 g/mol. The zero-order chi connectivity index (χ0) is 32.8. The number of nitrogens with zero attached hydrogens (tertiary/aromatic N) is 1. The highest BCUT2D eigenvalue weighted by Gasteiger charge is 2.26. The van der Waals surface area contributed by atoms with Gasteiger partial charge in [0.1, 0.15) is 23.1 Å². The summed E-state index contributed by atoms with van der Waals surface area (Å²) in [7, 11) is 0. The molecule has 2 aromatic rings. The molecule has 0 atom stereocenters. The van der Waals surface area contributed by atoms with Crippen LogP contribution in [0.15, 0.2) is 30.3 Å². The van der Waals surface area contributed by atoms with Crippen LogP contribution in [0.2, 0.25) is 0 Å². The number of phenolic OH excluding ortho intramolecular Hbond substituents is 1. The lowest BCUT2D eigenvalue weighted by atomic mass is 9.94. The largest absolute Gasteiger partial charge is 0.506 e. The number of hydrogen-bond donors (Lipinski definition) is 3. The molecule has 3 N–H and O–H groups in total. The number of aldehydes is 1. The van der Waals surface area contributed by atoms with Crippen molar-refractivity contribution in [1.82, 2.24) is 10.2 Å². The van der Waals surface area contributed by atoms with Gasteiger partial charge in [-0.05, 0) is 55.5 Å². The van der Waals surface area contributed by atoms with E-state index in [9.17, 15) is 36.6 Å². The third-order valence-electron chi connectivity index (χ3n) is 7.39. The summed E-state index contributed by atoms with van der Waals surface area (Å²) in [5.41, 5.74) is 1.58. The third-order valence-corrected chi connectivity index (χ3v) is 7.39. The number of halogens is 5. The summed E-state index contributed by atoms with van der Waals surface area (Å²) in [5, 5.41) is 16.1. The Morgan fingerprint density at radius 2 is 1.78 bits per heavy atom. The minimum Gasteiger partial charge on any atom is -0.506 e. The van der Waals surface area contributed by atoms with Crippen LogP contribution in [0.5, 0.6) is 11.5 Å². The predicted octanol–water partition coefficient (Wildman–Crippen LogP) is 4.69. The standard InChI is InChI=1S/C29H37F2N3O5.C2HF3O/c30-22-8-6-20(24(31)18-22)11-16-38-17-12-27(37)34(23-4-2-1-3-5-23)15-14-32-13-10-21-7-9-25(35)28-29(21)39-19-26(36)33-28;3-2(4,5)1-6/h6-9,18,23,32,35H,1-5,10-17,19H2,(H,33,36);1H. The fourth-order valence-corrected chi connectivity index (χ4v) is 5.17. The van der Waals surface area contributed by atoms with E-state index in [0.29, 0.717) is 49.5 Å². The fraction of sp³-hybridized carbons (Fsp3) is 0.516. The molecule has 4 rings (SSSR count). The number of phenols is 1. The maximum Gasteiger partial charge on any atom is 0.446 e. The number of benzene rings is 2. The van der Waals surface area contributed by atoms with Crippen molar-refractivity contribution in [3.63, 3.8) is 0 Å². The molecule has 9 nitrogen and oxygen atoms in total. The Kier molecular flexibility index (Phi) is 14.0. The molecule has 0 saturated heterocycles. The van der Waals surface area contributed by atoms with Gasteiger partial charge in [-0.25, -0.2) is 8.78 Å². The lowest BCUT2D eigenvalue weighted by Gasteiger charge is -2.34. The molecule has 1 aliphatic carbocycles. The zero-order valence-corrected chi connectivity index (χ0v) is 24.8. The van der Waals surface area contributed by atoms with E-state index in [1.807, 2.05) is 4.90 Å². The number of hydrogen-bond acceptors (Lipinski definition) is 7. The van der Waals surface area contributed by atoms with Crippen molar-refractivity contribution in [2.24, 2.45) is 0 Å². The van der Waals surface area contributed by atoms with Crippen molar-refractivity contribution in [3.05, 3.63) is 53.1 Å². The van der Waals surface area contributed by atoms with Gasteiger partial charge in [-0.3, -0.25) is 14.4 Å². The number of carbonyl (C=O) groups is 3. The minimum absolute atomic E-state index is 0.0250. The number of alkyl halides is 3. The monoisotopic (exact) mass is 643 g/mol. The first-order valence-corrected chi connectivity index (χ1v) is 14.8. The Morgan fingerprint density at radius 1 is 1.07 bits per heavy atom. The van der Waals surface area contributed by atoms with Crippen LogP contribution >= 0.6 is 0 Å². The van der Waals surface area contributed by atoms with Crippen LogP contribution < -0.4 is 15.4 Å². The maximum absolute atomic E-state index is 13.8. The molecule has 0 unspecified atom stereocenters. The molecule has 1 saturated carbocycles. The Morgan fingerprint density at radius 3 is 2.47 bits per heavy atom. The number of carbonyl (C=O) groups excluding carboxylic acids is 3. The van der Waals surface area contributed by atoms with Crippen molar-refractivity contribution in [2.45, 2.75) is 63.6 Å². The van der Waals surface area contributed by atoms with Gasteiger partial charge in [-0.2, -0.15) is 13.2 Å². The van der Waals surface area contributed by atoms with Crippen molar-refractivity contribution in [1.29, 1.82) is 0 Å². The van der Waals surface area contributed by atoms with Gasteiger partial charge in [0.15, 0.2) is 12.4 Å². The summed E-state index contributed by atoms with van der Waals surface area (Å²) in [6, 6.07) is 7.06. The van der Waals surface area contributed by atoms with Crippen LogP contribution in [0.25, 0.3) is 0 Å². The van der Waals surface area contributed by atoms with E-state index in [0.717, 1.165) is 37.3 Å². The number of fused-ring (bicyclic) bond motifs is 1. The molecule has 1 heterocycles. The van der Waals surface area contributed by atoms with Crippen LogP contribution in [0, 0.1) is 11.6 Å². The summed E-state index contributed by atoms with van der Waals surface area (Å²) in [6.45, 7) is 2.29. The summed E-state index contributed by atoms with van der Waals surface area (Å²) >= 11 is 0. The predicted molar refractivity (Wildman–Crippen MR) is 155 cm³/mol. The van der Waals surface area contributed by atoms with E-state index in [1.165, 1.54) is 18.6 Å². The molecule has 2 amide bonds. The van der Waals surface area contributed by atoms with Crippen molar-refractivity contribution >= 4 is 23.8 Å². The summed E-state index contributed by atoms with van der Waals surface area (Å²) in [5.74, 6) is -0.972. The molecule has 248 valence electrons. The van der Waals surface area contributed by atoms with Crippen molar-refractivity contribution in [3.8, 4) is 11.5 Å². The van der Waals surface area contributed by atoms with Crippen LogP contribution in [0.3, 0.4) is 0 Å². The Balaban J connectivity index is 0.000000838. The summed E-state index contributed by atoms with van der Waals surface area (Å²) in [6.07, 6.45) is 0.931. The molecule has 0 radical (unpaired) electrons. The number of ether oxygens (including phenoxy) is 2. The number of anilines is 1. The first-order valence-electron chi connectivity index (χ1n) is 14.8. The Hall–Kier alpha value is -3.78. The van der Waals surface area contributed by atoms with Crippen LogP contribution in [-0.4, -0.2) is 79.8 Å². The molecule has 0 bridgehead atoms. The van der Waals surface area contributed by atoms with E-state index >= 15 is 0 Å². The van der Waals surface area contributed by atoms with Crippen molar-refractivity contribution in [2.75, 3.05) is 44.8 Å². The van der Waals surface area contributed by atoms with Crippen LogP contribution in [0.4, 0.5) is 27.6 Å². The molecule has 14 heteroatoms. The maximum atomic E-state index is 13.8. The molecule has 2 aromatic carbocycles. The average Bonchev–Trinajstić information content (AvgIpc) is 3.01. The van der Waals surface area contributed by atoms with E-state index < -0.39 is 24.1 Å². The van der Waals surface area contributed by atoms with Gasteiger partial charge in [-0.1, -0.05) is 31.4 Å². The summed E-state index contributed by atoms with van der Waals surface area (Å²) < 4.78 is 69.2. The molecular weight excluding hydrogens is 605 g/mol. The molecule has 0 aromatic heterocycles. The van der Waals surface area contributed by atoms with Gasteiger partial charge in [0.2, 0.25) is 12.2 Å². The van der Waals surface area contributed by atoms with Crippen LogP contribution in [-0.2, 0) is 32.0 Å². The highest BCUT2D eigenvalue weighted by Crippen LogP contribution is 2.39. The van der Waals surface area contributed by atoms with Gasteiger partial charge >= 0.3 is 6.18 Å². The molecule has 45 heavy (non-hydrogen) atoms. The quantitative estimate of drug-likeness (QED) is 0.126. The number of aromatic hydroxyl groups is 1. The summed E-state index contributed by atoms with van der Waals surface area (Å²) in [4.78, 5) is 35.4. The highest BCUT2D eigenvalue weighted by atomic mass is 19.4. The SMILES string of the molecule is O=C1COc2c(CCNCCN(C(=O)CCOCCc3ccc(F)cc3F)C3CCCCC3)ccc(O)c2N1.O=CC(F)(F)F. The molecule has 1 aliphatic heterocycles. The lowest BCUT2D eigenvalue weighted by molar-refractivity contribution is -0.156. The molecule has 1 fully saturated rings. The Labute approximate surface area is 258 Å². The van der Waals surface area contributed by atoms with Gasteiger partial charge in [0.05, 0.1) is 19.6 Å². The van der Waals surface area contributed by atoms with E-state index in [2.05, 4.69) is 10.6 Å². The zero-order valence-electron chi connectivity index (χ0n) is 24.8. The normalized spacial score (nSPS) is 14.8. The number of amides is 2. The second-order valence-corrected chi connectivity index (χ2v) is 10.7. The topological polar surface area (TPSA) is 117 Å². The third kappa shape index (κ3) is 11.9. The van der Waals surface area contributed by atoms with Gasteiger partial charge in [-0.15, -0.1) is 0 Å². The lowest BCUT2D eigenvalue weighted by Crippen LogP contribution is -2.45. The number of rotatable bonds is 13. The van der Waals surface area contributed by atoms with E-state index in [1.54, 1.807) is 12.1 Å². The first kappa shape index (κ1) is 35.7. The minimum atomic E-state index is -4.64. The van der Waals surface area contributed by atoms with E-state index in [-0.39, 0.29) is 49.8 Å². The smallest absolute Gasteiger partial charge is 0.446 e. The van der Waals surface area contributed by atoms with E-state index in [4.69, 9.17) is 14.3 Å². The van der Waals surface area contributed by atoms with Gasteiger partial charge in [0, 0.05) is 25.2 Å². The Bertz CT molecular complexity index is 1290. The van der Waals surface area contributed by atoms with Gasteiger partial charge in [0.25, 0.3) is 5.91 Å². The highest BCUT2D eigenvalue weighted by molar-refractivity contribution is 5.97. The molecule has 0 spiro atoms. The fourth-order valence-electron chi connectivity index (χ4n) is 5.17. The first-order chi connectivity index (χ1) is 21.5. The number of nitrogens with one attached hydrogen (secondary N) is 2. The van der Waals surface area contributed by atoms with Crippen LogP contribution in [0.1, 0.15) is 49.7 Å². The second kappa shape index (κ2) is 17.6. The second-order valence-electron chi connectivity index (χ2n) is 10.7. The molecular formula is C31H38F5N3O6. The van der Waals surface area contributed by atoms with Crippen molar-refractivity contribution < 1.29 is 50.9 Å².